The van der Waals surface area contributed by atoms with Gasteiger partial charge in [0, 0.05) is 23.0 Å². The lowest BCUT2D eigenvalue weighted by molar-refractivity contribution is 0.133. The number of piperidine rings is 1. The van der Waals surface area contributed by atoms with Gasteiger partial charge in [0.15, 0.2) is 0 Å². The zero-order valence-electron chi connectivity index (χ0n) is 13.4. The molecule has 0 radical (unpaired) electrons. The van der Waals surface area contributed by atoms with Gasteiger partial charge in [0.2, 0.25) is 0 Å². The number of aromatic nitrogens is 2. The van der Waals surface area contributed by atoms with Gasteiger partial charge in [0.05, 0.1) is 24.0 Å². The Morgan fingerprint density at radius 3 is 2.65 bits per heavy atom. The van der Waals surface area contributed by atoms with E-state index >= 15 is 0 Å². The first-order valence-electron chi connectivity index (χ1n) is 8.52. The van der Waals surface area contributed by atoms with Crippen LogP contribution in [0.25, 0.3) is 22.2 Å². The summed E-state index contributed by atoms with van der Waals surface area (Å²) in [5, 5.41) is 5.93. The number of hydrogen-bond donors (Lipinski definition) is 0. The third-order valence-corrected chi connectivity index (χ3v) is 5.82. The van der Waals surface area contributed by atoms with Gasteiger partial charge in [0.25, 0.3) is 0 Å². The topological polar surface area (TPSA) is 34.2 Å². The van der Waals surface area contributed by atoms with Crippen LogP contribution in [0.2, 0.25) is 0 Å². The molecule has 1 aromatic carbocycles. The Morgan fingerprint density at radius 1 is 1.09 bits per heavy atom. The first-order valence-corrected chi connectivity index (χ1v) is 8.52. The molecule has 0 N–H and O–H groups in total. The Kier molecular flexibility index (Phi) is 2.89. The normalized spacial score (nSPS) is 27.8. The van der Waals surface area contributed by atoms with Crippen molar-refractivity contribution in [1.82, 2.24) is 14.7 Å². The molecule has 0 spiro atoms. The predicted molar refractivity (Wildman–Crippen MR) is 90.3 cm³/mol. The summed E-state index contributed by atoms with van der Waals surface area (Å²) < 4.78 is 7.77. The summed E-state index contributed by atoms with van der Waals surface area (Å²) in [7, 11) is 2.29. The molecule has 4 heterocycles. The molecular formula is C19H21N3O. The zero-order chi connectivity index (χ0) is 15.4. The van der Waals surface area contributed by atoms with Crippen molar-refractivity contribution < 1.29 is 4.42 Å². The van der Waals surface area contributed by atoms with E-state index in [2.05, 4.69) is 34.8 Å². The van der Waals surface area contributed by atoms with Gasteiger partial charge >= 0.3 is 0 Å². The lowest BCUT2D eigenvalue weighted by Crippen LogP contribution is -2.40. The monoisotopic (exact) mass is 307 g/mol. The van der Waals surface area contributed by atoms with E-state index in [-0.39, 0.29) is 0 Å². The summed E-state index contributed by atoms with van der Waals surface area (Å²) in [5.74, 6) is 0.914. The van der Waals surface area contributed by atoms with Crippen molar-refractivity contribution in [2.24, 2.45) is 0 Å². The van der Waals surface area contributed by atoms with Crippen LogP contribution in [0.1, 0.15) is 31.7 Å². The number of furan rings is 1. The molecule has 2 atom stereocenters. The van der Waals surface area contributed by atoms with E-state index in [4.69, 9.17) is 9.52 Å². The van der Waals surface area contributed by atoms with E-state index in [0.29, 0.717) is 6.04 Å². The van der Waals surface area contributed by atoms with Gasteiger partial charge in [-0.3, -0.25) is 4.68 Å². The fourth-order valence-corrected chi connectivity index (χ4v) is 4.52. The highest BCUT2D eigenvalue weighted by Gasteiger charge is 2.39. The standard InChI is InChI=1S/C19H21N3O/c1-21-15-5-6-16(21)11-17(10-15)22-18-7-4-13(9-14(18)12-20-22)19-3-2-8-23-19/h2-4,7-9,12,15-17H,5-6,10-11H2,1H3. The highest BCUT2D eigenvalue weighted by molar-refractivity contribution is 5.83. The van der Waals surface area contributed by atoms with Crippen molar-refractivity contribution in [3.8, 4) is 11.3 Å². The van der Waals surface area contributed by atoms with Crippen LogP contribution in [-0.4, -0.2) is 33.8 Å². The fraction of sp³-hybridized carbons (Fsp3) is 0.421. The first-order chi connectivity index (χ1) is 11.3. The second-order valence-electron chi connectivity index (χ2n) is 7.02. The molecule has 2 aromatic heterocycles. The van der Waals surface area contributed by atoms with Gasteiger partial charge in [-0.1, -0.05) is 0 Å². The molecule has 118 valence electrons. The van der Waals surface area contributed by atoms with Gasteiger partial charge in [0.1, 0.15) is 5.76 Å². The van der Waals surface area contributed by atoms with Crippen molar-refractivity contribution in [2.75, 3.05) is 7.05 Å². The van der Waals surface area contributed by atoms with Crippen LogP contribution in [-0.2, 0) is 0 Å². The van der Waals surface area contributed by atoms with Crippen LogP contribution in [0.5, 0.6) is 0 Å². The lowest BCUT2D eigenvalue weighted by atomic mass is 9.98. The third kappa shape index (κ3) is 2.05. The van der Waals surface area contributed by atoms with Crippen LogP contribution >= 0.6 is 0 Å². The van der Waals surface area contributed by atoms with E-state index in [1.807, 2.05) is 18.3 Å². The summed E-state index contributed by atoms with van der Waals surface area (Å²) in [6.07, 6.45) is 8.87. The minimum absolute atomic E-state index is 0.538. The van der Waals surface area contributed by atoms with Crippen LogP contribution < -0.4 is 0 Å². The smallest absolute Gasteiger partial charge is 0.133 e. The van der Waals surface area contributed by atoms with Crippen LogP contribution in [0, 0.1) is 0 Å². The second-order valence-corrected chi connectivity index (χ2v) is 7.02. The van der Waals surface area contributed by atoms with Crippen LogP contribution in [0.3, 0.4) is 0 Å². The summed E-state index contributed by atoms with van der Waals surface area (Å²) in [5.41, 5.74) is 2.36. The molecule has 0 saturated carbocycles. The SMILES string of the molecule is CN1C2CCC1CC(n1ncc3cc(-c4ccco4)ccc31)C2. The van der Waals surface area contributed by atoms with Gasteiger partial charge in [-0.15, -0.1) is 0 Å². The van der Waals surface area contributed by atoms with Crippen molar-refractivity contribution in [2.45, 2.75) is 43.8 Å². The molecule has 4 heteroatoms. The molecule has 4 nitrogen and oxygen atoms in total. The molecule has 2 aliphatic heterocycles. The fourth-order valence-electron chi connectivity index (χ4n) is 4.52. The van der Waals surface area contributed by atoms with Crippen molar-refractivity contribution in [3.63, 3.8) is 0 Å². The molecule has 2 aliphatic rings. The van der Waals surface area contributed by atoms with Gasteiger partial charge < -0.3 is 9.32 Å². The summed E-state index contributed by atoms with van der Waals surface area (Å²) in [6.45, 7) is 0. The zero-order valence-corrected chi connectivity index (χ0v) is 13.4. The minimum Gasteiger partial charge on any atom is -0.464 e. The maximum atomic E-state index is 5.51. The number of fused-ring (bicyclic) bond motifs is 3. The Labute approximate surface area is 135 Å². The largest absolute Gasteiger partial charge is 0.464 e. The maximum Gasteiger partial charge on any atom is 0.133 e. The van der Waals surface area contributed by atoms with Gasteiger partial charge in [-0.05, 0) is 63.1 Å². The molecular weight excluding hydrogens is 286 g/mol. The average Bonchev–Trinajstić information content (AvgIpc) is 3.26. The van der Waals surface area contributed by atoms with Crippen LogP contribution in [0.15, 0.2) is 47.2 Å². The number of nitrogens with zero attached hydrogens (tertiary/aromatic N) is 3. The van der Waals surface area contributed by atoms with Gasteiger partial charge in [-0.25, -0.2) is 0 Å². The van der Waals surface area contributed by atoms with E-state index in [9.17, 15) is 0 Å². The van der Waals surface area contributed by atoms with E-state index < -0.39 is 0 Å². The summed E-state index contributed by atoms with van der Waals surface area (Å²) in [4.78, 5) is 2.58. The molecule has 2 saturated heterocycles. The molecule has 5 rings (SSSR count). The first kappa shape index (κ1) is 13.4. The van der Waals surface area contributed by atoms with Crippen molar-refractivity contribution in [1.29, 1.82) is 0 Å². The third-order valence-electron chi connectivity index (χ3n) is 5.82. The van der Waals surface area contributed by atoms with Crippen LogP contribution in [0.4, 0.5) is 0 Å². The van der Waals surface area contributed by atoms with Crippen molar-refractivity contribution >= 4 is 10.9 Å². The molecule has 0 amide bonds. The van der Waals surface area contributed by atoms with E-state index in [1.54, 1.807) is 6.26 Å². The molecule has 2 unspecified atom stereocenters. The quantitative estimate of drug-likeness (QED) is 0.715. The number of rotatable bonds is 2. The van der Waals surface area contributed by atoms with Crippen molar-refractivity contribution in [3.05, 3.63) is 42.8 Å². The van der Waals surface area contributed by atoms with E-state index in [1.165, 1.54) is 36.6 Å². The molecule has 2 bridgehead atoms. The Bertz CT molecular complexity index is 822. The number of benzene rings is 1. The Morgan fingerprint density at radius 2 is 1.91 bits per heavy atom. The predicted octanol–water partition coefficient (Wildman–Crippen LogP) is 4.09. The second kappa shape index (κ2) is 4.96. The summed E-state index contributed by atoms with van der Waals surface area (Å²) in [6, 6.07) is 12.5. The molecule has 3 aromatic rings. The highest BCUT2D eigenvalue weighted by atomic mass is 16.3. The highest BCUT2D eigenvalue weighted by Crippen LogP contribution is 2.40. The average molecular weight is 307 g/mol. The minimum atomic E-state index is 0.538. The number of hydrogen-bond acceptors (Lipinski definition) is 3. The maximum absolute atomic E-state index is 5.51. The molecule has 23 heavy (non-hydrogen) atoms. The van der Waals surface area contributed by atoms with E-state index in [0.717, 1.165) is 23.4 Å². The van der Waals surface area contributed by atoms with Gasteiger partial charge in [-0.2, -0.15) is 5.10 Å². The Hall–Kier alpha value is -2.07. The summed E-state index contributed by atoms with van der Waals surface area (Å²) >= 11 is 0. The Balaban J connectivity index is 1.51. The molecule has 2 fully saturated rings. The lowest BCUT2D eigenvalue weighted by Gasteiger charge is -2.36. The molecule has 0 aliphatic carbocycles.